The molecule has 1 unspecified atom stereocenters. The lowest BCUT2D eigenvalue weighted by atomic mass is 9.91. The normalized spacial score (nSPS) is 13.5. The summed E-state index contributed by atoms with van der Waals surface area (Å²) in [6.45, 7) is 12.3. The third kappa shape index (κ3) is 6.77. The Morgan fingerprint density at radius 3 is 2.47 bits per heavy atom. The van der Waals surface area contributed by atoms with Gasteiger partial charge in [-0.05, 0) is 45.6 Å². The topological polar surface area (TPSA) is 12.0 Å². The van der Waals surface area contributed by atoms with Gasteiger partial charge in [0.05, 0.1) is 0 Å². The zero-order valence-electron chi connectivity index (χ0n) is 13.4. The number of hydrogen-bond acceptors (Lipinski definition) is 1. The number of unbranched alkanes of at least 4 members (excludes halogenated alkanes) is 2. The molecule has 0 aliphatic heterocycles. The lowest BCUT2D eigenvalue weighted by Gasteiger charge is -2.26. The number of hydrogen-bond donors (Lipinski definition) is 1. The van der Waals surface area contributed by atoms with Gasteiger partial charge in [-0.1, -0.05) is 56.0 Å². The van der Waals surface area contributed by atoms with Crippen molar-refractivity contribution in [2.24, 2.45) is 0 Å². The largest absolute Gasteiger partial charge is 0.311 e. The number of benzene rings is 1. The number of rotatable bonds is 7. The third-order valence-electron chi connectivity index (χ3n) is 3.55. The first kappa shape index (κ1) is 16.2. The van der Waals surface area contributed by atoms with Gasteiger partial charge in [0.15, 0.2) is 0 Å². The monoisotopic (exact) mass is 261 g/mol. The van der Waals surface area contributed by atoms with Gasteiger partial charge in [0.1, 0.15) is 0 Å². The van der Waals surface area contributed by atoms with Crippen LogP contribution in [-0.2, 0) is 0 Å². The lowest BCUT2D eigenvalue weighted by molar-refractivity contribution is 0.394. The average Bonchev–Trinajstić information content (AvgIpc) is 2.32. The minimum atomic E-state index is 0.201. The second kappa shape index (κ2) is 7.69. The lowest BCUT2D eigenvalue weighted by Crippen LogP contribution is -2.38. The Kier molecular flexibility index (Phi) is 6.57. The van der Waals surface area contributed by atoms with Crippen molar-refractivity contribution in [2.75, 3.05) is 6.54 Å². The summed E-state index contributed by atoms with van der Waals surface area (Å²) >= 11 is 0. The molecule has 0 bridgehead atoms. The fourth-order valence-electron chi connectivity index (χ4n) is 2.38. The maximum Gasteiger partial charge on any atom is 0.00967 e. The highest BCUT2D eigenvalue weighted by atomic mass is 14.9. The summed E-state index contributed by atoms with van der Waals surface area (Å²) in [7, 11) is 0. The van der Waals surface area contributed by atoms with E-state index in [-0.39, 0.29) is 5.54 Å². The highest BCUT2D eigenvalue weighted by molar-refractivity contribution is 5.25. The van der Waals surface area contributed by atoms with Crippen LogP contribution in [-0.4, -0.2) is 12.1 Å². The van der Waals surface area contributed by atoms with Crippen LogP contribution < -0.4 is 5.32 Å². The van der Waals surface area contributed by atoms with Crippen LogP contribution in [0.1, 0.15) is 70.4 Å². The van der Waals surface area contributed by atoms with Gasteiger partial charge in [-0.2, -0.15) is 0 Å². The second-order valence-corrected chi connectivity index (χ2v) is 6.74. The molecule has 1 nitrogen and oxygen atoms in total. The van der Waals surface area contributed by atoms with E-state index in [1.165, 1.54) is 36.8 Å². The Bertz CT molecular complexity index is 362. The summed E-state index contributed by atoms with van der Waals surface area (Å²) in [5, 5.41) is 3.67. The van der Waals surface area contributed by atoms with Crippen LogP contribution in [0.5, 0.6) is 0 Å². The Morgan fingerprint density at radius 2 is 1.89 bits per heavy atom. The predicted octanol–water partition coefficient (Wildman–Crippen LogP) is 5.05. The molecular formula is C18H31N. The minimum absolute atomic E-state index is 0.201. The van der Waals surface area contributed by atoms with Crippen LogP contribution in [0.25, 0.3) is 0 Å². The molecule has 1 N–H and O–H groups in total. The standard InChI is InChI=1S/C18H31N/c1-6-7-8-11-17(14-19-18(3,4)5)16-12-9-10-15(2)13-16/h9-10,12-13,17,19H,6-8,11,14H2,1-5H3. The summed E-state index contributed by atoms with van der Waals surface area (Å²) < 4.78 is 0. The van der Waals surface area contributed by atoms with Gasteiger partial charge in [-0.25, -0.2) is 0 Å². The van der Waals surface area contributed by atoms with Crippen molar-refractivity contribution in [3.05, 3.63) is 35.4 Å². The first-order valence-electron chi connectivity index (χ1n) is 7.74. The molecule has 1 aromatic rings. The highest BCUT2D eigenvalue weighted by Gasteiger charge is 2.15. The Labute approximate surface area is 119 Å². The van der Waals surface area contributed by atoms with Crippen molar-refractivity contribution in [1.82, 2.24) is 5.32 Å². The van der Waals surface area contributed by atoms with Crippen LogP contribution in [0.3, 0.4) is 0 Å². The zero-order valence-corrected chi connectivity index (χ0v) is 13.4. The van der Waals surface area contributed by atoms with E-state index >= 15 is 0 Å². The molecule has 0 heterocycles. The van der Waals surface area contributed by atoms with Gasteiger partial charge in [-0.15, -0.1) is 0 Å². The van der Waals surface area contributed by atoms with Crippen LogP contribution in [0, 0.1) is 6.92 Å². The van der Waals surface area contributed by atoms with Crippen molar-refractivity contribution < 1.29 is 0 Å². The van der Waals surface area contributed by atoms with E-state index in [2.05, 4.69) is 64.2 Å². The van der Waals surface area contributed by atoms with Gasteiger partial charge in [0.2, 0.25) is 0 Å². The van der Waals surface area contributed by atoms with Crippen LogP contribution >= 0.6 is 0 Å². The maximum absolute atomic E-state index is 3.67. The van der Waals surface area contributed by atoms with E-state index < -0.39 is 0 Å². The number of aryl methyl sites for hydroxylation is 1. The molecule has 0 amide bonds. The molecule has 0 saturated carbocycles. The molecule has 0 aliphatic rings. The van der Waals surface area contributed by atoms with Gasteiger partial charge >= 0.3 is 0 Å². The summed E-state index contributed by atoms with van der Waals surface area (Å²) in [4.78, 5) is 0. The molecule has 1 heteroatoms. The summed E-state index contributed by atoms with van der Waals surface area (Å²) in [6, 6.07) is 9.01. The zero-order chi connectivity index (χ0) is 14.3. The van der Waals surface area contributed by atoms with Gasteiger partial charge in [0.25, 0.3) is 0 Å². The molecule has 0 fully saturated rings. The first-order chi connectivity index (χ1) is 8.92. The van der Waals surface area contributed by atoms with Crippen LogP contribution in [0.4, 0.5) is 0 Å². The molecule has 0 aromatic heterocycles. The minimum Gasteiger partial charge on any atom is -0.311 e. The molecule has 0 radical (unpaired) electrons. The summed E-state index contributed by atoms with van der Waals surface area (Å²) in [5.74, 6) is 0.644. The van der Waals surface area contributed by atoms with Gasteiger partial charge < -0.3 is 5.32 Å². The first-order valence-corrected chi connectivity index (χ1v) is 7.74. The van der Waals surface area contributed by atoms with Crippen molar-refractivity contribution in [1.29, 1.82) is 0 Å². The van der Waals surface area contributed by atoms with E-state index in [1.807, 2.05) is 0 Å². The SMILES string of the molecule is CCCCCC(CNC(C)(C)C)c1cccc(C)c1. The van der Waals surface area contributed by atoms with E-state index in [1.54, 1.807) is 0 Å². The smallest absolute Gasteiger partial charge is 0.00967 e. The van der Waals surface area contributed by atoms with E-state index in [0.29, 0.717) is 5.92 Å². The van der Waals surface area contributed by atoms with Crippen LogP contribution in [0.15, 0.2) is 24.3 Å². The fourth-order valence-corrected chi connectivity index (χ4v) is 2.38. The van der Waals surface area contributed by atoms with Gasteiger partial charge in [-0.3, -0.25) is 0 Å². The van der Waals surface area contributed by atoms with Crippen molar-refractivity contribution in [3.8, 4) is 0 Å². The van der Waals surface area contributed by atoms with E-state index in [9.17, 15) is 0 Å². The Hall–Kier alpha value is -0.820. The maximum atomic E-state index is 3.67. The Morgan fingerprint density at radius 1 is 1.16 bits per heavy atom. The summed E-state index contributed by atoms with van der Waals surface area (Å²) in [5.41, 5.74) is 3.06. The molecule has 1 atom stereocenters. The molecule has 0 saturated heterocycles. The quantitative estimate of drug-likeness (QED) is 0.677. The van der Waals surface area contributed by atoms with Crippen LogP contribution in [0.2, 0.25) is 0 Å². The molecule has 1 aromatic carbocycles. The Balaban J connectivity index is 2.68. The number of nitrogens with one attached hydrogen (secondary N) is 1. The highest BCUT2D eigenvalue weighted by Crippen LogP contribution is 2.23. The second-order valence-electron chi connectivity index (χ2n) is 6.74. The van der Waals surface area contributed by atoms with E-state index in [4.69, 9.17) is 0 Å². The van der Waals surface area contributed by atoms with Gasteiger partial charge in [0, 0.05) is 12.1 Å². The molecule has 0 spiro atoms. The third-order valence-corrected chi connectivity index (χ3v) is 3.55. The fraction of sp³-hybridized carbons (Fsp3) is 0.667. The molecule has 108 valence electrons. The van der Waals surface area contributed by atoms with Crippen molar-refractivity contribution >= 4 is 0 Å². The van der Waals surface area contributed by atoms with E-state index in [0.717, 1.165) is 6.54 Å². The van der Waals surface area contributed by atoms with Crippen molar-refractivity contribution in [3.63, 3.8) is 0 Å². The predicted molar refractivity (Wildman–Crippen MR) is 85.8 cm³/mol. The summed E-state index contributed by atoms with van der Waals surface area (Å²) in [6.07, 6.45) is 5.27. The molecule has 0 aliphatic carbocycles. The molecule has 19 heavy (non-hydrogen) atoms. The molecule has 1 rings (SSSR count). The molecular weight excluding hydrogens is 230 g/mol. The average molecular weight is 261 g/mol. The van der Waals surface area contributed by atoms with Crippen molar-refractivity contribution in [2.45, 2.75) is 71.8 Å².